The Balaban J connectivity index is 1.21. The average Bonchev–Trinajstić information content (AvgIpc) is 3.89. The van der Waals surface area contributed by atoms with E-state index in [1.807, 2.05) is 22.7 Å². The fraction of sp³-hybridized carbons (Fsp3) is 0. The van der Waals surface area contributed by atoms with Crippen LogP contribution in [0.5, 0.6) is 0 Å². The summed E-state index contributed by atoms with van der Waals surface area (Å²) in [7, 11) is 0. The number of thiophene rings is 2. The van der Waals surface area contributed by atoms with E-state index in [0.717, 1.165) is 49.7 Å². The predicted molar refractivity (Wildman–Crippen MR) is 248 cm³/mol. The van der Waals surface area contributed by atoms with Crippen molar-refractivity contribution in [2.45, 2.75) is 0 Å². The number of nitrogens with zero attached hydrogens (tertiary/aromatic N) is 3. The molecule has 58 heavy (non-hydrogen) atoms. The molecule has 0 aliphatic heterocycles. The molecule has 0 radical (unpaired) electrons. The molecular formula is C53H31N3S2. The molecule has 0 atom stereocenters. The second kappa shape index (κ2) is 13.3. The first-order valence-electron chi connectivity index (χ1n) is 19.4. The van der Waals surface area contributed by atoms with Crippen molar-refractivity contribution in [1.29, 1.82) is 0 Å². The van der Waals surface area contributed by atoms with Gasteiger partial charge in [0.05, 0.1) is 0 Å². The minimum Gasteiger partial charge on any atom is -0.208 e. The molecule has 0 unspecified atom stereocenters. The second-order valence-electron chi connectivity index (χ2n) is 14.7. The highest BCUT2D eigenvalue weighted by Gasteiger charge is 2.23. The van der Waals surface area contributed by atoms with E-state index in [2.05, 4.69) is 188 Å². The van der Waals surface area contributed by atoms with Crippen LogP contribution in [0.2, 0.25) is 0 Å². The summed E-state index contributed by atoms with van der Waals surface area (Å²) in [6.07, 6.45) is 0. The lowest BCUT2D eigenvalue weighted by atomic mass is 9.91. The lowest BCUT2D eigenvalue weighted by Crippen LogP contribution is -2.02. The summed E-state index contributed by atoms with van der Waals surface area (Å²) in [5, 5.41) is 9.57. The highest BCUT2D eigenvalue weighted by Crippen LogP contribution is 2.47. The Bertz CT molecular complexity index is 3410. The monoisotopic (exact) mass is 773 g/mol. The number of hydrogen-bond acceptors (Lipinski definition) is 5. The fourth-order valence-corrected chi connectivity index (χ4v) is 11.2. The van der Waals surface area contributed by atoms with Gasteiger partial charge in [0.1, 0.15) is 0 Å². The van der Waals surface area contributed by atoms with Crippen molar-refractivity contribution in [2.24, 2.45) is 0 Å². The molecule has 12 rings (SSSR count). The van der Waals surface area contributed by atoms with E-state index < -0.39 is 0 Å². The number of aromatic nitrogens is 3. The molecule has 0 amide bonds. The van der Waals surface area contributed by atoms with Gasteiger partial charge in [-0.15, -0.1) is 22.7 Å². The van der Waals surface area contributed by atoms with Gasteiger partial charge in [0.15, 0.2) is 17.5 Å². The van der Waals surface area contributed by atoms with Gasteiger partial charge < -0.3 is 0 Å². The largest absolute Gasteiger partial charge is 0.208 e. The Labute approximate surface area is 342 Å². The van der Waals surface area contributed by atoms with Gasteiger partial charge in [-0.1, -0.05) is 164 Å². The van der Waals surface area contributed by atoms with Gasteiger partial charge in [-0.3, -0.25) is 0 Å². The van der Waals surface area contributed by atoms with Crippen LogP contribution in [0.15, 0.2) is 188 Å². The summed E-state index contributed by atoms with van der Waals surface area (Å²) >= 11 is 3.67. The Morgan fingerprint density at radius 3 is 1.21 bits per heavy atom. The predicted octanol–water partition coefficient (Wildman–Crippen LogP) is 15.2. The maximum Gasteiger partial charge on any atom is 0.164 e. The van der Waals surface area contributed by atoms with Gasteiger partial charge in [0, 0.05) is 57.0 Å². The third kappa shape index (κ3) is 5.21. The van der Waals surface area contributed by atoms with Gasteiger partial charge in [-0.05, 0) is 68.1 Å². The number of fused-ring (bicyclic) bond motifs is 10. The molecule has 0 fully saturated rings. The zero-order chi connectivity index (χ0) is 38.2. The zero-order valence-electron chi connectivity index (χ0n) is 31.1. The third-order valence-corrected chi connectivity index (χ3v) is 13.7. The first-order valence-corrected chi connectivity index (χ1v) is 21.1. The van der Waals surface area contributed by atoms with Crippen LogP contribution in [0.25, 0.3) is 118 Å². The smallest absolute Gasteiger partial charge is 0.164 e. The van der Waals surface area contributed by atoms with Crippen molar-refractivity contribution >= 4 is 84.6 Å². The van der Waals surface area contributed by atoms with Crippen molar-refractivity contribution in [2.75, 3.05) is 0 Å². The molecule has 0 bridgehead atoms. The third-order valence-electron chi connectivity index (χ3n) is 11.3. The van der Waals surface area contributed by atoms with Gasteiger partial charge in [-0.25, -0.2) is 15.0 Å². The van der Waals surface area contributed by atoms with Crippen LogP contribution in [0, 0.1) is 0 Å². The summed E-state index contributed by atoms with van der Waals surface area (Å²) in [6.45, 7) is 0. The normalized spacial score (nSPS) is 11.8. The summed E-state index contributed by atoms with van der Waals surface area (Å²) in [5.74, 6) is 1.96. The summed E-state index contributed by atoms with van der Waals surface area (Å²) < 4.78 is 4.97. The average molecular weight is 774 g/mol. The van der Waals surface area contributed by atoms with Gasteiger partial charge in [0.2, 0.25) is 0 Å². The summed E-state index contributed by atoms with van der Waals surface area (Å²) in [4.78, 5) is 16.6. The molecule has 270 valence electrons. The van der Waals surface area contributed by atoms with Crippen LogP contribution >= 0.6 is 22.7 Å². The minimum absolute atomic E-state index is 0.639. The molecule has 5 heteroatoms. The Morgan fingerprint density at radius 2 is 0.672 bits per heavy atom. The van der Waals surface area contributed by atoms with Crippen LogP contribution in [-0.2, 0) is 0 Å². The van der Waals surface area contributed by atoms with E-state index in [1.165, 1.54) is 51.1 Å². The van der Waals surface area contributed by atoms with Crippen molar-refractivity contribution in [3.05, 3.63) is 188 Å². The van der Waals surface area contributed by atoms with Crippen molar-refractivity contribution < 1.29 is 0 Å². The number of rotatable bonds is 5. The number of benzene rings is 9. The van der Waals surface area contributed by atoms with Crippen molar-refractivity contribution in [1.82, 2.24) is 15.0 Å². The quantitative estimate of drug-likeness (QED) is 0.175. The Kier molecular flexibility index (Phi) is 7.58. The molecule has 0 spiro atoms. The number of hydrogen-bond donors (Lipinski definition) is 0. The first-order chi connectivity index (χ1) is 28.8. The molecule has 0 saturated heterocycles. The SMILES string of the molecule is c1ccc(-c2ccccc2-c2ccccc2-c2nc(-c3cc4ccccc4c4sc5ccccc5c34)nc(-c3cc4ccccc4c4sc5ccccc5c34)n2)cc1. The molecular weight excluding hydrogens is 743 g/mol. The molecule has 3 aromatic heterocycles. The van der Waals surface area contributed by atoms with Crippen LogP contribution in [0.3, 0.4) is 0 Å². The van der Waals surface area contributed by atoms with Gasteiger partial charge in [-0.2, -0.15) is 0 Å². The minimum atomic E-state index is 0.639. The standard InChI is InChI=1S/C53H31N3S2/c1-2-16-32(17-3-1)35-20-8-9-23-38(35)39-24-10-11-25-40(39)51-54-52(43-30-33-18-4-6-21-36(33)49-47(43)41-26-12-14-28-45(41)57-49)56-53(55-51)44-31-34-19-5-7-22-37(34)50-48(44)42-27-13-15-29-46(42)58-50/h1-31H. The molecule has 3 heterocycles. The van der Waals surface area contributed by atoms with Crippen LogP contribution in [0.1, 0.15) is 0 Å². The molecule has 0 aliphatic carbocycles. The Morgan fingerprint density at radius 1 is 0.293 bits per heavy atom. The molecule has 3 nitrogen and oxygen atoms in total. The molecule has 9 aromatic carbocycles. The highest BCUT2D eigenvalue weighted by molar-refractivity contribution is 7.27. The fourth-order valence-electron chi connectivity index (χ4n) is 8.71. The van der Waals surface area contributed by atoms with Gasteiger partial charge in [0.25, 0.3) is 0 Å². The summed E-state index contributed by atoms with van der Waals surface area (Å²) in [6, 6.07) is 67.1. The lowest BCUT2D eigenvalue weighted by Gasteiger charge is -2.16. The lowest BCUT2D eigenvalue weighted by molar-refractivity contribution is 1.08. The molecule has 0 aliphatic rings. The van der Waals surface area contributed by atoms with Crippen LogP contribution in [-0.4, -0.2) is 15.0 Å². The van der Waals surface area contributed by atoms with Crippen LogP contribution in [0.4, 0.5) is 0 Å². The second-order valence-corrected chi connectivity index (χ2v) is 16.8. The van der Waals surface area contributed by atoms with E-state index in [0.29, 0.717) is 17.5 Å². The summed E-state index contributed by atoms with van der Waals surface area (Å²) in [5.41, 5.74) is 7.48. The topological polar surface area (TPSA) is 38.7 Å². The van der Waals surface area contributed by atoms with Crippen LogP contribution < -0.4 is 0 Å². The first kappa shape index (κ1) is 33.1. The van der Waals surface area contributed by atoms with E-state index in [-0.39, 0.29) is 0 Å². The van der Waals surface area contributed by atoms with Crippen molar-refractivity contribution in [3.8, 4) is 56.4 Å². The van der Waals surface area contributed by atoms with E-state index >= 15 is 0 Å². The highest BCUT2D eigenvalue weighted by atomic mass is 32.1. The zero-order valence-corrected chi connectivity index (χ0v) is 32.7. The van der Waals surface area contributed by atoms with E-state index in [1.54, 1.807) is 0 Å². The maximum absolute atomic E-state index is 5.54. The Hall–Kier alpha value is -7.05. The van der Waals surface area contributed by atoms with Crippen molar-refractivity contribution in [3.63, 3.8) is 0 Å². The van der Waals surface area contributed by atoms with E-state index in [9.17, 15) is 0 Å². The maximum atomic E-state index is 5.54. The molecule has 0 N–H and O–H groups in total. The van der Waals surface area contributed by atoms with Gasteiger partial charge >= 0.3 is 0 Å². The molecule has 12 aromatic rings. The molecule has 0 saturated carbocycles. The van der Waals surface area contributed by atoms with E-state index in [4.69, 9.17) is 15.0 Å².